The summed E-state index contributed by atoms with van der Waals surface area (Å²) in [4.78, 5) is 20.6. The molecule has 2 heterocycles. The standard InChI is InChI=1S/C13H14N2OS/c16-13-9-5-2-1-3-6-10(9)14-12(15-13)11-7-4-8-17-11/h4,7-8H,1-3,5-6H2,(H,14,15,16). The van der Waals surface area contributed by atoms with Gasteiger partial charge in [-0.05, 0) is 37.1 Å². The lowest BCUT2D eigenvalue weighted by atomic mass is 10.1. The molecule has 0 unspecified atom stereocenters. The highest BCUT2D eigenvalue weighted by Gasteiger charge is 2.15. The zero-order valence-electron chi connectivity index (χ0n) is 9.53. The van der Waals surface area contributed by atoms with Gasteiger partial charge in [-0.3, -0.25) is 4.79 Å². The molecule has 88 valence electrons. The van der Waals surface area contributed by atoms with Crippen molar-refractivity contribution in [2.24, 2.45) is 0 Å². The summed E-state index contributed by atoms with van der Waals surface area (Å²) in [6, 6.07) is 3.97. The van der Waals surface area contributed by atoms with E-state index in [-0.39, 0.29) is 5.56 Å². The molecule has 1 aliphatic carbocycles. The number of hydrogen-bond acceptors (Lipinski definition) is 3. The summed E-state index contributed by atoms with van der Waals surface area (Å²) < 4.78 is 0. The molecule has 3 nitrogen and oxygen atoms in total. The van der Waals surface area contributed by atoms with E-state index in [9.17, 15) is 4.79 Å². The van der Waals surface area contributed by atoms with E-state index >= 15 is 0 Å². The van der Waals surface area contributed by atoms with Gasteiger partial charge in [0.2, 0.25) is 0 Å². The number of nitrogens with one attached hydrogen (secondary N) is 1. The molecule has 3 rings (SSSR count). The van der Waals surface area contributed by atoms with E-state index in [4.69, 9.17) is 0 Å². The summed E-state index contributed by atoms with van der Waals surface area (Å²) in [5, 5.41) is 2.00. The molecule has 17 heavy (non-hydrogen) atoms. The number of H-pyrrole nitrogens is 1. The Kier molecular flexibility index (Phi) is 2.81. The van der Waals surface area contributed by atoms with Crippen LogP contribution < -0.4 is 5.56 Å². The predicted molar refractivity (Wildman–Crippen MR) is 69.4 cm³/mol. The van der Waals surface area contributed by atoms with Gasteiger partial charge >= 0.3 is 0 Å². The minimum atomic E-state index is 0.0558. The fraction of sp³-hybridized carbons (Fsp3) is 0.385. The van der Waals surface area contributed by atoms with Crippen molar-refractivity contribution in [3.63, 3.8) is 0 Å². The number of aromatic amines is 1. The molecule has 0 amide bonds. The van der Waals surface area contributed by atoms with Crippen LogP contribution in [0.5, 0.6) is 0 Å². The summed E-state index contributed by atoms with van der Waals surface area (Å²) in [5.41, 5.74) is 1.97. The third kappa shape index (κ3) is 2.05. The number of thiophene rings is 1. The van der Waals surface area contributed by atoms with Crippen LogP contribution in [-0.4, -0.2) is 9.97 Å². The second-order valence-corrected chi connectivity index (χ2v) is 5.33. The smallest absolute Gasteiger partial charge is 0.254 e. The minimum absolute atomic E-state index is 0.0558. The molecule has 4 heteroatoms. The third-order valence-corrected chi connectivity index (χ3v) is 4.07. The van der Waals surface area contributed by atoms with Gasteiger partial charge in [0.05, 0.1) is 10.6 Å². The topological polar surface area (TPSA) is 45.8 Å². The summed E-state index contributed by atoms with van der Waals surface area (Å²) in [5.74, 6) is 0.727. The van der Waals surface area contributed by atoms with Gasteiger partial charge in [0.15, 0.2) is 5.82 Å². The summed E-state index contributed by atoms with van der Waals surface area (Å²) >= 11 is 1.61. The first-order chi connectivity index (χ1) is 8.34. The van der Waals surface area contributed by atoms with Crippen LogP contribution in [0.3, 0.4) is 0 Å². The molecular formula is C13H14N2OS. The van der Waals surface area contributed by atoms with E-state index in [1.807, 2.05) is 17.5 Å². The fourth-order valence-electron chi connectivity index (χ4n) is 2.31. The van der Waals surface area contributed by atoms with Crippen LogP contribution in [0, 0.1) is 0 Å². The van der Waals surface area contributed by atoms with E-state index in [1.54, 1.807) is 11.3 Å². The van der Waals surface area contributed by atoms with Gasteiger partial charge in [0.25, 0.3) is 5.56 Å². The van der Waals surface area contributed by atoms with Crippen molar-refractivity contribution in [2.45, 2.75) is 32.1 Å². The predicted octanol–water partition coefficient (Wildman–Crippen LogP) is 2.77. The lowest BCUT2D eigenvalue weighted by Crippen LogP contribution is -2.17. The second kappa shape index (κ2) is 4.45. The van der Waals surface area contributed by atoms with Gasteiger partial charge in [0.1, 0.15) is 0 Å². The highest BCUT2D eigenvalue weighted by atomic mass is 32.1. The van der Waals surface area contributed by atoms with E-state index in [1.165, 1.54) is 6.42 Å². The van der Waals surface area contributed by atoms with Crippen LogP contribution in [0.1, 0.15) is 30.5 Å². The first-order valence-corrected chi connectivity index (χ1v) is 6.88. The van der Waals surface area contributed by atoms with E-state index in [0.717, 1.165) is 47.6 Å². The summed E-state index contributed by atoms with van der Waals surface area (Å²) in [6.07, 6.45) is 5.27. The van der Waals surface area contributed by atoms with Crippen molar-refractivity contribution in [3.05, 3.63) is 39.1 Å². The molecule has 0 bridgehead atoms. The zero-order chi connectivity index (χ0) is 11.7. The second-order valence-electron chi connectivity index (χ2n) is 4.38. The normalized spacial score (nSPS) is 15.3. The number of rotatable bonds is 1. The molecular weight excluding hydrogens is 232 g/mol. The molecule has 0 aromatic carbocycles. The van der Waals surface area contributed by atoms with Crippen LogP contribution in [-0.2, 0) is 12.8 Å². The van der Waals surface area contributed by atoms with Crippen molar-refractivity contribution in [1.29, 1.82) is 0 Å². The first kappa shape index (κ1) is 10.7. The molecule has 2 aromatic heterocycles. The first-order valence-electron chi connectivity index (χ1n) is 6.00. The van der Waals surface area contributed by atoms with Gasteiger partial charge in [0, 0.05) is 5.56 Å². The maximum atomic E-state index is 12.0. The van der Waals surface area contributed by atoms with Crippen molar-refractivity contribution in [1.82, 2.24) is 9.97 Å². The van der Waals surface area contributed by atoms with Crippen LogP contribution >= 0.6 is 11.3 Å². The number of aromatic nitrogens is 2. The van der Waals surface area contributed by atoms with Gasteiger partial charge in [-0.1, -0.05) is 12.5 Å². The van der Waals surface area contributed by atoms with Crippen LogP contribution in [0.25, 0.3) is 10.7 Å². The molecule has 1 N–H and O–H groups in total. The molecule has 0 saturated heterocycles. The van der Waals surface area contributed by atoms with E-state index in [0.29, 0.717) is 0 Å². The highest BCUT2D eigenvalue weighted by Crippen LogP contribution is 2.22. The molecule has 0 atom stereocenters. The van der Waals surface area contributed by atoms with Crippen molar-refractivity contribution < 1.29 is 0 Å². The largest absolute Gasteiger partial charge is 0.306 e. The molecule has 2 aromatic rings. The molecule has 0 fully saturated rings. The Morgan fingerprint density at radius 3 is 2.94 bits per heavy atom. The van der Waals surface area contributed by atoms with E-state index < -0.39 is 0 Å². The number of hydrogen-bond donors (Lipinski definition) is 1. The molecule has 0 radical (unpaired) electrons. The number of fused-ring (bicyclic) bond motifs is 1. The summed E-state index contributed by atoms with van der Waals surface area (Å²) in [7, 11) is 0. The molecule has 0 saturated carbocycles. The average molecular weight is 246 g/mol. The Morgan fingerprint density at radius 2 is 2.12 bits per heavy atom. The SMILES string of the molecule is O=c1[nH]c(-c2cccs2)nc2c1CCCCC2. The van der Waals surface area contributed by atoms with Crippen molar-refractivity contribution in [2.75, 3.05) is 0 Å². The maximum absolute atomic E-state index is 12.0. The lowest BCUT2D eigenvalue weighted by molar-refractivity contribution is 0.708. The zero-order valence-corrected chi connectivity index (χ0v) is 10.3. The molecule has 0 aliphatic heterocycles. The lowest BCUT2D eigenvalue weighted by Gasteiger charge is -2.05. The maximum Gasteiger partial charge on any atom is 0.254 e. The van der Waals surface area contributed by atoms with Gasteiger partial charge in [-0.15, -0.1) is 11.3 Å². The van der Waals surface area contributed by atoms with Gasteiger partial charge in [-0.25, -0.2) is 4.98 Å². The Bertz CT molecular complexity index is 572. The summed E-state index contributed by atoms with van der Waals surface area (Å²) in [6.45, 7) is 0. The Labute approximate surface area is 104 Å². The van der Waals surface area contributed by atoms with Crippen molar-refractivity contribution >= 4 is 11.3 Å². The third-order valence-electron chi connectivity index (χ3n) is 3.20. The Morgan fingerprint density at radius 1 is 1.24 bits per heavy atom. The highest BCUT2D eigenvalue weighted by molar-refractivity contribution is 7.13. The van der Waals surface area contributed by atoms with Crippen molar-refractivity contribution in [3.8, 4) is 10.7 Å². The average Bonchev–Trinajstić information content (AvgIpc) is 2.75. The van der Waals surface area contributed by atoms with Crippen LogP contribution in [0.15, 0.2) is 22.3 Å². The van der Waals surface area contributed by atoms with Crippen LogP contribution in [0.2, 0.25) is 0 Å². The Hall–Kier alpha value is -1.42. The van der Waals surface area contributed by atoms with Crippen LogP contribution in [0.4, 0.5) is 0 Å². The molecule has 1 aliphatic rings. The molecule has 0 spiro atoms. The quantitative estimate of drug-likeness (QED) is 0.786. The fourth-order valence-corrected chi connectivity index (χ4v) is 2.98. The minimum Gasteiger partial charge on any atom is -0.306 e. The Balaban J connectivity index is 2.12. The monoisotopic (exact) mass is 246 g/mol. The number of aryl methyl sites for hydroxylation is 1. The van der Waals surface area contributed by atoms with Gasteiger partial charge < -0.3 is 4.98 Å². The van der Waals surface area contributed by atoms with Gasteiger partial charge in [-0.2, -0.15) is 0 Å². The van der Waals surface area contributed by atoms with E-state index in [2.05, 4.69) is 9.97 Å². The number of nitrogens with zero attached hydrogens (tertiary/aromatic N) is 1.